The molecule has 6 heteroatoms. The van der Waals surface area contributed by atoms with E-state index in [1.807, 2.05) is 30.5 Å². The zero-order chi connectivity index (χ0) is 19.7. The number of methoxy groups -OCH3 is 2. The number of halogens is 2. The number of nitrogens with one attached hydrogen (secondary N) is 1. The number of nitrogens with zero attached hydrogens (tertiary/aromatic N) is 1. The lowest BCUT2D eigenvalue weighted by Crippen LogP contribution is -2.34. The van der Waals surface area contributed by atoms with E-state index in [0.29, 0.717) is 23.5 Å². The molecule has 4 nitrogen and oxygen atoms in total. The van der Waals surface area contributed by atoms with Crippen molar-refractivity contribution in [2.75, 3.05) is 14.2 Å². The van der Waals surface area contributed by atoms with Gasteiger partial charge in [-0.3, -0.25) is 10.3 Å². The normalized spacial score (nSPS) is 18.4. The topological polar surface area (TPSA) is 43.4 Å². The van der Waals surface area contributed by atoms with Crippen molar-refractivity contribution in [2.45, 2.75) is 18.5 Å². The lowest BCUT2D eigenvalue weighted by atomic mass is 9.84. The fourth-order valence-corrected chi connectivity index (χ4v) is 3.72. The molecule has 0 amide bonds. The minimum atomic E-state index is -0.871. The molecule has 0 unspecified atom stereocenters. The summed E-state index contributed by atoms with van der Waals surface area (Å²) < 4.78 is 38.3. The number of rotatable bonds is 4. The third-order valence-corrected chi connectivity index (χ3v) is 5.11. The molecule has 1 aliphatic heterocycles. The van der Waals surface area contributed by atoms with Gasteiger partial charge in [0.25, 0.3) is 0 Å². The number of aromatic nitrogens is 1. The Hall–Kier alpha value is -2.99. The highest BCUT2D eigenvalue weighted by atomic mass is 19.2. The fourth-order valence-electron chi connectivity index (χ4n) is 3.72. The molecule has 3 aromatic rings. The van der Waals surface area contributed by atoms with E-state index in [9.17, 15) is 8.78 Å². The van der Waals surface area contributed by atoms with Crippen LogP contribution in [-0.2, 0) is 6.42 Å². The Morgan fingerprint density at radius 1 is 0.964 bits per heavy atom. The molecule has 0 spiro atoms. The third-order valence-electron chi connectivity index (χ3n) is 5.11. The maximum absolute atomic E-state index is 13.9. The van der Waals surface area contributed by atoms with Crippen LogP contribution in [0.25, 0.3) is 0 Å². The van der Waals surface area contributed by atoms with Crippen LogP contribution >= 0.6 is 0 Å². The van der Waals surface area contributed by atoms with Crippen molar-refractivity contribution in [2.24, 2.45) is 0 Å². The van der Waals surface area contributed by atoms with Crippen molar-refractivity contribution in [1.29, 1.82) is 0 Å². The number of hydrogen-bond acceptors (Lipinski definition) is 4. The maximum atomic E-state index is 13.9. The van der Waals surface area contributed by atoms with E-state index in [1.54, 1.807) is 26.5 Å². The van der Waals surface area contributed by atoms with Gasteiger partial charge in [-0.1, -0.05) is 12.1 Å². The number of pyridine rings is 1. The van der Waals surface area contributed by atoms with Crippen LogP contribution in [0.4, 0.5) is 8.78 Å². The van der Waals surface area contributed by atoms with Gasteiger partial charge in [0.05, 0.1) is 20.3 Å². The molecule has 0 saturated heterocycles. The minimum Gasteiger partial charge on any atom is -0.493 e. The van der Waals surface area contributed by atoms with Crippen LogP contribution in [0.2, 0.25) is 0 Å². The first kappa shape index (κ1) is 18.4. The van der Waals surface area contributed by atoms with Gasteiger partial charge < -0.3 is 9.47 Å². The van der Waals surface area contributed by atoms with Gasteiger partial charge in [0.2, 0.25) is 0 Å². The molecule has 0 saturated carbocycles. The second-order valence-electron chi connectivity index (χ2n) is 6.72. The Labute approximate surface area is 162 Å². The van der Waals surface area contributed by atoms with Gasteiger partial charge in [-0.15, -0.1) is 0 Å². The van der Waals surface area contributed by atoms with Crippen molar-refractivity contribution in [1.82, 2.24) is 10.3 Å². The van der Waals surface area contributed by atoms with Crippen molar-refractivity contribution in [3.8, 4) is 11.5 Å². The smallest absolute Gasteiger partial charge is 0.161 e. The first-order chi connectivity index (χ1) is 13.6. The second kappa shape index (κ2) is 7.56. The van der Waals surface area contributed by atoms with Gasteiger partial charge in [-0.25, -0.2) is 8.78 Å². The largest absolute Gasteiger partial charge is 0.493 e. The van der Waals surface area contributed by atoms with Crippen molar-refractivity contribution < 1.29 is 18.3 Å². The number of ether oxygens (including phenoxy) is 2. The van der Waals surface area contributed by atoms with E-state index in [0.717, 1.165) is 22.8 Å². The van der Waals surface area contributed by atoms with Gasteiger partial charge in [-0.05, 0) is 59.0 Å². The molecule has 4 rings (SSSR count). The van der Waals surface area contributed by atoms with E-state index < -0.39 is 11.6 Å². The first-order valence-corrected chi connectivity index (χ1v) is 8.96. The minimum absolute atomic E-state index is 0.0302. The molecule has 2 aromatic carbocycles. The summed E-state index contributed by atoms with van der Waals surface area (Å²) in [5, 5.41) is 3.55. The molecule has 0 aliphatic carbocycles. The lowest BCUT2D eigenvalue weighted by molar-refractivity contribution is 0.351. The number of hydrogen-bond donors (Lipinski definition) is 1. The van der Waals surface area contributed by atoms with E-state index >= 15 is 0 Å². The van der Waals surface area contributed by atoms with Crippen LogP contribution in [0, 0.1) is 11.6 Å². The van der Waals surface area contributed by atoms with E-state index in [-0.39, 0.29) is 12.1 Å². The molecule has 2 atom stereocenters. The Bertz CT molecular complexity index is 995. The van der Waals surface area contributed by atoms with E-state index in [2.05, 4.69) is 10.3 Å². The monoisotopic (exact) mass is 382 g/mol. The number of fused-ring (bicyclic) bond motifs is 1. The standard InChI is InChI=1S/C22H20F2N2O2/c1-27-20-10-15-9-19(14-4-3-7-25-12-14)26-22(16(15)11-21(20)28-2)13-5-6-17(23)18(24)8-13/h3-8,10-12,19,22,26H,9H2,1-2H3/t19-,22-/m0/s1. The Kier molecular flexibility index (Phi) is 4.96. The van der Waals surface area contributed by atoms with Crippen LogP contribution in [0.15, 0.2) is 54.9 Å². The summed E-state index contributed by atoms with van der Waals surface area (Å²) in [6.45, 7) is 0. The van der Waals surface area contributed by atoms with Crippen LogP contribution < -0.4 is 14.8 Å². The molecule has 144 valence electrons. The molecule has 2 heterocycles. The predicted octanol–water partition coefficient (Wildman–Crippen LogP) is 4.35. The highest BCUT2D eigenvalue weighted by molar-refractivity contribution is 5.52. The van der Waals surface area contributed by atoms with Crippen molar-refractivity contribution >= 4 is 0 Å². The zero-order valence-electron chi connectivity index (χ0n) is 15.6. The van der Waals surface area contributed by atoms with Crippen LogP contribution in [0.5, 0.6) is 11.5 Å². The molecule has 1 aliphatic rings. The summed E-state index contributed by atoms with van der Waals surface area (Å²) in [7, 11) is 3.17. The molecular weight excluding hydrogens is 362 g/mol. The molecule has 0 bridgehead atoms. The summed E-state index contributed by atoms with van der Waals surface area (Å²) in [6.07, 6.45) is 4.24. The lowest BCUT2D eigenvalue weighted by Gasteiger charge is -2.34. The number of benzene rings is 2. The SMILES string of the molecule is COc1cc2c(cc1OC)[C@H](c1ccc(F)c(F)c1)N[C@H](c1cccnc1)C2. The second-order valence-corrected chi connectivity index (χ2v) is 6.72. The predicted molar refractivity (Wildman–Crippen MR) is 102 cm³/mol. The molecular formula is C22H20F2N2O2. The van der Waals surface area contributed by atoms with Crippen LogP contribution in [0.1, 0.15) is 34.3 Å². The molecule has 28 heavy (non-hydrogen) atoms. The summed E-state index contributed by atoms with van der Waals surface area (Å²) in [6, 6.07) is 11.4. The van der Waals surface area contributed by atoms with Crippen molar-refractivity contribution in [3.05, 3.63) is 88.7 Å². The highest BCUT2D eigenvalue weighted by Gasteiger charge is 2.30. The summed E-state index contributed by atoms with van der Waals surface area (Å²) in [5.41, 5.74) is 3.67. The van der Waals surface area contributed by atoms with Crippen LogP contribution in [0.3, 0.4) is 0 Å². The van der Waals surface area contributed by atoms with Gasteiger partial charge in [0, 0.05) is 18.4 Å². The van der Waals surface area contributed by atoms with Crippen LogP contribution in [-0.4, -0.2) is 19.2 Å². The summed E-state index contributed by atoms with van der Waals surface area (Å²) in [5.74, 6) is -0.506. The third kappa shape index (κ3) is 3.31. The Balaban J connectivity index is 1.84. The quantitative estimate of drug-likeness (QED) is 0.728. The average molecular weight is 382 g/mol. The molecule has 1 aromatic heterocycles. The summed E-state index contributed by atoms with van der Waals surface area (Å²) in [4.78, 5) is 4.21. The van der Waals surface area contributed by atoms with Gasteiger partial charge in [0.1, 0.15) is 0 Å². The molecule has 1 N–H and O–H groups in total. The van der Waals surface area contributed by atoms with Crippen molar-refractivity contribution in [3.63, 3.8) is 0 Å². The molecule has 0 fully saturated rings. The molecule has 0 radical (unpaired) electrons. The van der Waals surface area contributed by atoms with Gasteiger partial charge in [-0.2, -0.15) is 0 Å². The van der Waals surface area contributed by atoms with Gasteiger partial charge in [0.15, 0.2) is 23.1 Å². The average Bonchev–Trinajstić information content (AvgIpc) is 2.74. The van der Waals surface area contributed by atoms with Gasteiger partial charge >= 0.3 is 0 Å². The Morgan fingerprint density at radius 2 is 1.75 bits per heavy atom. The summed E-state index contributed by atoms with van der Waals surface area (Å²) >= 11 is 0. The maximum Gasteiger partial charge on any atom is 0.161 e. The van der Waals surface area contributed by atoms with E-state index in [4.69, 9.17) is 9.47 Å². The highest BCUT2D eigenvalue weighted by Crippen LogP contribution is 2.41. The fraction of sp³-hybridized carbons (Fsp3) is 0.227. The Morgan fingerprint density at radius 3 is 2.43 bits per heavy atom. The zero-order valence-corrected chi connectivity index (χ0v) is 15.6. The van der Waals surface area contributed by atoms with E-state index in [1.165, 1.54) is 6.07 Å². The first-order valence-electron chi connectivity index (χ1n) is 8.96.